The lowest BCUT2D eigenvalue weighted by atomic mass is 9.94. The molecule has 0 saturated carbocycles. The second-order valence-corrected chi connectivity index (χ2v) is 5.92. The Kier molecular flexibility index (Phi) is 4.83. The van der Waals surface area contributed by atoms with Gasteiger partial charge in [0.2, 0.25) is 0 Å². The number of nitrogens with zero attached hydrogens (tertiary/aromatic N) is 1. The van der Waals surface area contributed by atoms with Crippen molar-refractivity contribution in [2.45, 2.75) is 57.7 Å². The van der Waals surface area contributed by atoms with Crippen LogP contribution in [0, 0.1) is 5.92 Å². The van der Waals surface area contributed by atoms with E-state index in [1.165, 1.54) is 32.2 Å². The van der Waals surface area contributed by atoms with Gasteiger partial charge < -0.3 is 10.1 Å². The quantitative estimate of drug-likeness (QED) is 0.812. The normalized spacial score (nSPS) is 35.6. The molecule has 0 aromatic heterocycles. The van der Waals surface area contributed by atoms with Crippen molar-refractivity contribution in [1.82, 2.24) is 10.2 Å². The maximum Gasteiger partial charge on any atom is 0.0612 e. The highest BCUT2D eigenvalue weighted by Crippen LogP contribution is 2.29. The molecule has 2 fully saturated rings. The zero-order valence-corrected chi connectivity index (χ0v) is 11.6. The third-order valence-electron chi connectivity index (χ3n) is 4.36. The van der Waals surface area contributed by atoms with Gasteiger partial charge in [0.1, 0.15) is 0 Å². The molecule has 0 amide bonds. The van der Waals surface area contributed by atoms with Crippen molar-refractivity contribution in [3.63, 3.8) is 0 Å². The van der Waals surface area contributed by atoms with Gasteiger partial charge in [0, 0.05) is 25.2 Å². The molecule has 2 rings (SSSR count). The number of hydrogen-bond donors (Lipinski definition) is 1. The zero-order chi connectivity index (χ0) is 12.3. The molecule has 3 atom stereocenters. The first-order chi connectivity index (χ1) is 8.22. The third kappa shape index (κ3) is 3.21. The van der Waals surface area contributed by atoms with Crippen LogP contribution in [0.2, 0.25) is 0 Å². The van der Waals surface area contributed by atoms with Crippen molar-refractivity contribution >= 4 is 0 Å². The highest BCUT2D eigenvalue weighted by Gasteiger charge is 2.34. The van der Waals surface area contributed by atoms with Crippen LogP contribution < -0.4 is 5.32 Å². The van der Waals surface area contributed by atoms with Gasteiger partial charge in [-0.15, -0.1) is 0 Å². The Hall–Kier alpha value is -0.120. The van der Waals surface area contributed by atoms with Gasteiger partial charge in [-0.25, -0.2) is 0 Å². The molecule has 3 unspecified atom stereocenters. The van der Waals surface area contributed by atoms with E-state index < -0.39 is 0 Å². The maximum atomic E-state index is 5.88. The molecule has 2 aliphatic rings. The lowest BCUT2D eigenvalue weighted by molar-refractivity contribution is -0.0504. The fraction of sp³-hybridized carbons (Fsp3) is 1.00. The van der Waals surface area contributed by atoms with Gasteiger partial charge in [0.05, 0.1) is 6.10 Å². The van der Waals surface area contributed by atoms with Crippen molar-refractivity contribution in [1.29, 1.82) is 0 Å². The lowest BCUT2D eigenvalue weighted by Crippen LogP contribution is -2.48. The Morgan fingerprint density at radius 3 is 2.88 bits per heavy atom. The number of hydrogen-bond acceptors (Lipinski definition) is 3. The summed E-state index contributed by atoms with van der Waals surface area (Å²) in [5.41, 5.74) is 0. The van der Waals surface area contributed by atoms with Crippen LogP contribution in [0.3, 0.4) is 0 Å². The van der Waals surface area contributed by atoms with Gasteiger partial charge in [0.15, 0.2) is 0 Å². The Balaban J connectivity index is 1.91. The Morgan fingerprint density at radius 2 is 2.18 bits per heavy atom. The minimum atomic E-state index is 0.476. The van der Waals surface area contributed by atoms with Crippen LogP contribution in [0.25, 0.3) is 0 Å². The number of rotatable bonds is 4. The topological polar surface area (TPSA) is 24.5 Å². The lowest BCUT2D eigenvalue weighted by Gasteiger charge is -2.39. The van der Waals surface area contributed by atoms with Crippen molar-refractivity contribution in [2.75, 3.05) is 26.7 Å². The summed E-state index contributed by atoms with van der Waals surface area (Å²) < 4.78 is 5.88. The highest BCUT2D eigenvalue weighted by molar-refractivity contribution is 4.89. The standard InChI is InChI=1S/C14H28N2O/c1-11(2)14-9-12(6-8-17-14)16-7-4-5-13(16)10-15-3/h11-15H,4-10H2,1-3H3. The molecular formula is C14H28N2O. The molecular weight excluding hydrogens is 212 g/mol. The Bertz CT molecular complexity index is 232. The second-order valence-electron chi connectivity index (χ2n) is 5.92. The third-order valence-corrected chi connectivity index (χ3v) is 4.36. The molecule has 100 valence electrons. The first-order valence-electron chi connectivity index (χ1n) is 7.24. The van der Waals surface area contributed by atoms with E-state index in [9.17, 15) is 0 Å². The monoisotopic (exact) mass is 240 g/mol. The predicted molar refractivity (Wildman–Crippen MR) is 71.3 cm³/mol. The number of likely N-dealkylation sites (tertiary alicyclic amines) is 1. The van der Waals surface area contributed by atoms with Crippen molar-refractivity contribution in [2.24, 2.45) is 5.92 Å². The predicted octanol–water partition coefficient (Wildman–Crippen LogP) is 1.87. The molecule has 0 aliphatic carbocycles. The minimum Gasteiger partial charge on any atom is -0.378 e. The molecule has 3 nitrogen and oxygen atoms in total. The van der Waals surface area contributed by atoms with E-state index in [2.05, 4.69) is 31.1 Å². The van der Waals surface area contributed by atoms with Crippen molar-refractivity contribution < 1.29 is 4.74 Å². The average molecular weight is 240 g/mol. The second kappa shape index (κ2) is 6.17. The fourth-order valence-corrected chi connectivity index (χ4v) is 3.37. The summed E-state index contributed by atoms with van der Waals surface area (Å²) in [6.45, 7) is 7.95. The molecule has 3 heteroatoms. The van der Waals surface area contributed by atoms with Crippen LogP contribution in [-0.4, -0.2) is 49.8 Å². The summed E-state index contributed by atoms with van der Waals surface area (Å²) in [7, 11) is 2.07. The molecule has 1 N–H and O–H groups in total. The maximum absolute atomic E-state index is 5.88. The van der Waals surface area contributed by atoms with Crippen LogP contribution in [0.5, 0.6) is 0 Å². The van der Waals surface area contributed by atoms with E-state index >= 15 is 0 Å². The van der Waals surface area contributed by atoms with E-state index in [0.29, 0.717) is 12.0 Å². The van der Waals surface area contributed by atoms with Gasteiger partial charge in [-0.2, -0.15) is 0 Å². The van der Waals surface area contributed by atoms with Gasteiger partial charge in [-0.1, -0.05) is 13.8 Å². The molecule has 2 aliphatic heterocycles. The summed E-state index contributed by atoms with van der Waals surface area (Å²) in [6.07, 6.45) is 5.67. The van der Waals surface area contributed by atoms with Crippen LogP contribution in [0.1, 0.15) is 39.5 Å². The van der Waals surface area contributed by atoms with Crippen molar-refractivity contribution in [3.05, 3.63) is 0 Å². The van der Waals surface area contributed by atoms with Crippen LogP contribution in [0.15, 0.2) is 0 Å². The van der Waals surface area contributed by atoms with Crippen LogP contribution >= 0.6 is 0 Å². The first-order valence-corrected chi connectivity index (χ1v) is 7.24. The zero-order valence-electron chi connectivity index (χ0n) is 11.6. The summed E-state index contributed by atoms with van der Waals surface area (Å²) in [5, 5.41) is 3.34. The molecule has 0 radical (unpaired) electrons. The van der Waals surface area contributed by atoms with E-state index in [0.717, 1.165) is 25.2 Å². The minimum absolute atomic E-state index is 0.476. The van der Waals surface area contributed by atoms with Gasteiger partial charge >= 0.3 is 0 Å². The molecule has 17 heavy (non-hydrogen) atoms. The number of likely N-dealkylation sites (N-methyl/N-ethyl adjacent to an activating group) is 1. The van der Waals surface area contributed by atoms with Gasteiger partial charge in [0.25, 0.3) is 0 Å². The van der Waals surface area contributed by atoms with Gasteiger partial charge in [-0.05, 0) is 45.2 Å². The Labute approximate surface area is 106 Å². The smallest absolute Gasteiger partial charge is 0.0612 e. The molecule has 0 aromatic carbocycles. The van der Waals surface area contributed by atoms with E-state index in [-0.39, 0.29) is 0 Å². The summed E-state index contributed by atoms with van der Waals surface area (Å²) >= 11 is 0. The summed E-state index contributed by atoms with van der Waals surface area (Å²) in [4.78, 5) is 2.74. The fourth-order valence-electron chi connectivity index (χ4n) is 3.37. The first kappa shape index (κ1) is 13.3. The van der Waals surface area contributed by atoms with E-state index in [1.807, 2.05) is 0 Å². The molecule has 0 bridgehead atoms. The summed E-state index contributed by atoms with van der Waals surface area (Å²) in [6, 6.07) is 1.52. The van der Waals surface area contributed by atoms with Crippen LogP contribution in [0.4, 0.5) is 0 Å². The van der Waals surface area contributed by atoms with E-state index in [4.69, 9.17) is 4.74 Å². The number of ether oxygens (including phenoxy) is 1. The molecule has 2 heterocycles. The molecule has 2 saturated heterocycles. The van der Waals surface area contributed by atoms with Gasteiger partial charge in [-0.3, -0.25) is 4.90 Å². The molecule has 0 aromatic rings. The Morgan fingerprint density at radius 1 is 1.35 bits per heavy atom. The highest BCUT2D eigenvalue weighted by atomic mass is 16.5. The van der Waals surface area contributed by atoms with Crippen LogP contribution in [-0.2, 0) is 4.74 Å². The average Bonchev–Trinajstić information content (AvgIpc) is 2.78. The summed E-state index contributed by atoms with van der Waals surface area (Å²) in [5.74, 6) is 0.656. The van der Waals surface area contributed by atoms with Crippen molar-refractivity contribution in [3.8, 4) is 0 Å². The van der Waals surface area contributed by atoms with E-state index in [1.54, 1.807) is 0 Å². The SMILES string of the molecule is CNCC1CCCN1C1CCOC(C(C)C)C1. The molecule has 0 spiro atoms. The number of nitrogens with one attached hydrogen (secondary N) is 1. The largest absolute Gasteiger partial charge is 0.378 e.